The van der Waals surface area contributed by atoms with Crippen LogP contribution < -0.4 is 4.90 Å². The molecule has 1 atom stereocenters. The Morgan fingerprint density at radius 2 is 2.07 bits per heavy atom. The monoisotopic (exact) mass is 192 g/mol. The minimum Gasteiger partial charge on any atom is -0.339 e. The first-order chi connectivity index (χ1) is 6.77. The molecule has 0 amide bonds. The van der Waals surface area contributed by atoms with Gasteiger partial charge in [0.2, 0.25) is 5.95 Å². The van der Waals surface area contributed by atoms with Crippen molar-refractivity contribution in [2.45, 2.75) is 12.5 Å². The molecule has 2 rings (SSSR count). The van der Waals surface area contributed by atoms with Crippen LogP contribution in [0.4, 0.5) is 5.95 Å². The van der Waals surface area contributed by atoms with Gasteiger partial charge in [-0.1, -0.05) is 0 Å². The van der Waals surface area contributed by atoms with Gasteiger partial charge in [0.25, 0.3) is 0 Å². The lowest BCUT2D eigenvalue weighted by molar-refractivity contribution is 0.315. The first kappa shape index (κ1) is 9.40. The van der Waals surface area contributed by atoms with Crippen molar-refractivity contribution in [3.8, 4) is 0 Å². The molecular formula is C10H16N4. The number of nitrogens with zero attached hydrogens (tertiary/aromatic N) is 4. The summed E-state index contributed by atoms with van der Waals surface area (Å²) in [5.74, 6) is 0.858. The Morgan fingerprint density at radius 1 is 1.36 bits per heavy atom. The summed E-state index contributed by atoms with van der Waals surface area (Å²) in [4.78, 5) is 13.0. The molecule has 1 unspecified atom stereocenters. The number of hydrogen-bond acceptors (Lipinski definition) is 4. The number of likely N-dealkylation sites (N-methyl/N-ethyl adjacent to an activating group) is 1. The van der Waals surface area contributed by atoms with Crippen LogP contribution in [0.15, 0.2) is 18.5 Å². The lowest BCUT2D eigenvalue weighted by Gasteiger charge is -2.20. The van der Waals surface area contributed by atoms with Gasteiger partial charge in [0.1, 0.15) is 0 Å². The summed E-state index contributed by atoms with van der Waals surface area (Å²) >= 11 is 0. The highest BCUT2D eigenvalue weighted by molar-refractivity contribution is 5.30. The molecule has 1 aromatic heterocycles. The molecule has 14 heavy (non-hydrogen) atoms. The van der Waals surface area contributed by atoms with Gasteiger partial charge in [-0.25, -0.2) is 9.97 Å². The molecule has 0 aliphatic carbocycles. The summed E-state index contributed by atoms with van der Waals surface area (Å²) < 4.78 is 0. The molecule has 4 heteroatoms. The fourth-order valence-electron chi connectivity index (χ4n) is 1.80. The molecule has 0 radical (unpaired) electrons. The fraction of sp³-hybridized carbons (Fsp3) is 0.600. The van der Waals surface area contributed by atoms with Gasteiger partial charge in [-0.15, -0.1) is 0 Å². The Bertz CT molecular complexity index is 285. The van der Waals surface area contributed by atoms with E-state index in [9.17, 15) is 0 Å². The average Bonchev–Trinajstić information content (AvgIpc) is 2.68. The molecule has 4 nitrogen and oxygen atoms in total. The zero-order valence-corrected chi connectivity index (χ0v) is 8.72. The maximum absolute atomic E-state index is 4.25. The molecule has 1 aromatic rings. The van der Waals surface area contributed by atoms with Gasteiger partial charge in [-0.05, 0) is 26.6 Å². The van der Waals surface area contributed by atoms with Crippen LogP contribution in [0.25, 0.3) is 0 Å². The van der Waals surface area contributed by atoms with Crippen LogP contribution >= 0.6 is 0 Å². The van der Waals surface area contributed by atoms with Crippen LogP contribution in [0.2, 0.25) is 0 Å². The third-order valence-corrected chi connectivity index (χ3v) is 2.73. The molecule has 1 saturated heterocycles. The van der Waals surface area contributed by atoms with Crippen molar-refractivity contribution in [3.63, 3.8) is 0 Å². The minimum atomic E-state index is 0.638. The molecule has 0 bridgehead atoms. The second kappa shape index (κ2) is 3.92. The highest BCUT2D eigenvalue weighted by Gasteiger charge is 2.25. The zero-order chi connectivity index (χ0) is 9.97. The minimum absolute atomic E-state index is 0.638. The van der Waals surface area contributed by atoms with Gasteiger partial charge in [-0.2, -0.15) is 0 Å². The molecule has 2 heterocycles. The summed E-state index contributed by atoms with van der Waals surface area (Å²) in [5.41, 5.74) is 0. The summed E-state index contributed by atoms with van der Waals surface area (Å²) in [6.07, 6.45) is 4.79. The van der Waals surface area contributed by atoms with Gasteiger partial charge in [0.15, 0.2) is 0 Å². The van der Waals surface area contributed by atoms with Crippen LogP contribution in [-0.4, -0.2) is 48.1 Å². The lowest BCUT2D eigenvalue weighted by Crippen LogP contribution is -2.31. The second-order valence-corrected chi connectivity index (χ2v) is 3.90. The number of aromatic nitrogens is 2. The Morgan fingerprint density at radius 3 is 2.64 bits per heavy atom. The van der Waals surface area contributed by atoms with Crippen molar-refractivity contribution < 1.29 is 0 Å². The maximum Gasteiger partial charge on any atom is 0.225 e. The topological polar surface area (TPSA) is 32.3 Å². The standard InChI is InChI=1S/C10H16N4/c1-13(2)9-4-7-14(8-9)10-11-5-3-6-12-10/h3,5-6,9H,4,7-8H2,1-2H3. The Labute approximate surface area is 84.6 Å². The van der Waals surface area contributed by atoms with E-state index in [1.54, 1.807) is 12.4 Å². The molecule has 0 N–H and O–H groups in total. The van der Waals surface area contributed by atoms with Crippen LogP contribution in [0.1, 0.15) is 6.42 Å². The molecule has 0 saturated carbocycles. The highest BCUT2D eigenvalue weighted by Crippen LogP contribution is 2.17. The second-order valence-electron chi connectivity index (χ2n) is 3.90. The van der Waals surface area contributed by atoms with Crippen LogP contribution in [0.3, 0.4) is 0 Å². The largest absolute Gasteiger partial charge is 0.339 e. The molecule has 76 valence electrons. The van der Waals surface area contributed by atoms with Crippen LogP contribution in [0.5, 0.6) is 0 Å². The first-order valence-electron chi connectivity index (χ1n) is 4.96. The van der Waals surface area contributed by atoms with Crippen molar-refractivity contribution in [1.29, 1.82) is 0 Å². The smallest absolute Gasteiger partial charge is 0.225 e. The van der Waals surface area contributed by atoms with E-state index in [1.165, 1.54) is 6.42 Å². The number of anilines is 1. The zero-order valence-electron chi connectivity index (χ0n) is 8.72. The van der Waals surface area contributed by atoms with Crippen molar-refractivity contribution >= 4 is 5.95 Å². The highest BCUT2D eigenvalue weighted by atomic mass is 15.3. The predicted octanol–water partition coefficient (Wildman–Crippen LogP) is 0.617. The van der Waals surface area contributed by atoms with Crippen molar-refractivity contribution in [1.82, 2.24) is 14.9 Å². The van der Waals surface area contributed by atoms with Crippen LogP contribution in [0, 0.1) is 0 Å². The van der Waals surface area contributed by atoms with Crippen molar-refractivity contribution in [2.75, 3.05) is 32.1 Å². The SMILES string of the molecule is CN(C)C1CCN(c2ncccn2)C1. The molecule has 0 aromatic carbocycles. The molecular weight excluding hydrogens is 176 g/mol. The Kier molecular flexibility index (Phi) is 2.63. The van der Waals surface area contributed by atoms with E-state index in [-0.39, 0.29) is 0 Å². The van der Waals surface area contributed by atoms with Crippen LogP contribution in [-0.2, 0) is 0 Å². The number of rotatable bonds is 2. The van der Waals surface area contributed by atoms with E-state index < -0.39 is 0 Å². The van der Waals surface area contributed by atoms with Gasteiger partial charge in [0, 0.05) is 31.5 Å². The van der Waals surface area contributed by atoms with Crippen molar-refractivity contribution in [2.24, 2.45) is 0 Å². The number of hydrogen-bond donors (Lipinski definition) is 0. The summed E-state index contributed by atoms with van der Waals surface area (Å²) in [6.45, 7) is 2.10. The van der Waals surface area contributed by atoms with Gasteiger partial charge < -0.3 is 9.80 Å². The molecule has 1 aliphatic heterocycles. The Hall–Kier alpha value is -1.16. The van der Waals surface area contributed by atoms with E-state index in [2.05, 4.69) is 33.9 Å². The van der Waals surface area contributed by atoms with E-state index in [1.807, 2.05) is 6.07 Å². The quantitative estimate of drug-likeness (QED) is 0.687. The Balaban J connectivity index is 2.03. The predicted molar refractivity (Wildman–Crippen MR) is 56.3 cm³/mol. The average molecular weight is 192 g/mol. The van der Waals surface area contributed by atoms with Crippen molar-refractivity contribution in [3.05, 3.63) is 18.5 Å². The van der Waals surface area contributed by atoms with Gasteiger partial charge in [-0.3, -0.25) is 0 Å². The normalized spacial score (nSPS) is 21.9. The molecule has 1 aliphatic rings. The van der Waals surface area contributed by atoms with E-state index in [4.69, 9.17) is 0 Å². The summed E-state index contributed by atoms with van der Waals surface area (Å²) in [7, 11) is 4.25. The molecule has 1 fully saturated rings. The van der Waals surface area contributed by atoms with E-state index in [0.29, 0.717) is 6.04 Å². The maximum atomic E-state index is 4.25. The third kappa shape index (κ3) is 1.85. The van der Waals surface area contributed by atoms with Gasteiger partial charge in [0.05, 0.1) is 0 Å². The third-order valence-electron chi connectivity index (χ3n) is 2.73. The molecule has 0 spiro atoms. The fourth-order valence-corrected chi connectivity index (χ4v) is 1.80. The summed E-state index contributed by atoms with van der Waals surface area (Å²) in [6, 6.07) is 2.49. The van der Waals surface area contributed by atoms with Gasteiger partial charge >= 0.3 is 0 Å². The lowest BCUT2D eigenvalue weighted by atomic mass is 10.2. The first-order valence-corrected chi connectivity index (χ1v) is 4.96. The summed E-state index contributed by atoms with van der Waals surface area (Å²) in [5, 5.41) is 0. The van der Waals surface area contributed by atoms with E-state index in [0.717, 1.165) is 19.0 Å². The van der Waals surface area contributed by atoms with E-state index >= 15 is 0 Å².